The van der Waals surface area contributed by atoms with Gasteiger partial charge < -0.3 is 19.9 Å². The molecule has 1 amide bonds. The predicted octanol–water partition coefficient (Wildman–Crippen LogP) is -0.372. The van der Waals surface area contributed by atoms with E-state index in [1.54, 1.807) is 6.92 Å². The molecule has 0 aromatic rings. The Kier molecular flexibility index (Phi) is 8.40. The van der Waals surface area contributed by atoms with E-state index in [0.717, 1.165) is 13.0 Å². The summed E-state index contributed by atoms with van der Waals surface area (Å²) >= 11 is 0. The number of hydrogen-bond donors (Lipinski definition) is 2. The number of ether oxygens (including phenoxy) is 2. The van der Waals surface area contributed by atoms with Gasteiger partial charge in [0.2, 0.25) is 0 Å². The van der Waals surface area contributed by atoms with Gasteiger partial charge in [0.15, 0.2) is 6.61 Å². The Balaban J connectivity index is 4.30. The van der Waals surface area contributed by atoms with Crippen molar-refractivity contribution in [3.8, 4) is 0 Å². The third-order valence-corrected chi connectivity index (χ3v) is 1.95. The fourth-order valence-electron chi connectivity index (χ4n) is 1.12. The second-order valence-corrected chi connectivity index (χ2v) is 3.63. The molecule has 0 aliphatic rings. The summed E-state index contributed by atoms with van der Waals surface area (Å²) in [6, 6.07) is -1.22. The van der Waals surface area contributed by atoms with E-state index in [2.05, 4.69) is 14.8 Å². The van der Waals surface area contributed by atoms with Crippen molar-refractivity contribution in [2.45, 2.75) is 26.3 Å². The molecular weight excluding hydrogens is 270 g/mol. The van der Waals surface area contributed by atoms with Crippen LogP contribution in [0.25, 0.3) is 0 Å². The van der Waals surface area contributed by atoms with Gasteiger partial charge in [-0.25, -0.2) is 9.59 Å². The highest BCUT2D eigenvalue weighted by molar-refractivity contribution is 5.86. The normalized spacial score (nSPS) is 11.7. The highest BCUT2D eigenvalue weighted by Crippen LogP contribution is 1.96. The molecule has 0 spiro atoms. The fraction of sp³-hybridized carbons (Fsp3) is 0.500. The van der Waals surface area contributed by atoms with Gasteiger partial charge in [-0.3, -0.25) is 9.59 Å². The van der Waals surface area contributed by atoms with Crippen molar-refractivity contribution in [2.75, 3.05) is 13.2 Å². The Bertz CT molecular complexity index is 403. The summed E-state index contributed by atoms with van der Waals surface area (Å²) < 4.78 is 9.04. The average Bonchev–Trinajstić information content (AvgIpc) is 2.35. The minimum Gasteiger partial charge on any atom is -0.480 e. The molecule has 0 aliphatic carbocycles. The van der Waals surface area contributed by atoms with Crippen molar-refractivity contribution in [1.29, 1.82) is 0 Å². The van der Waals surface area contributed by atoms with Gasteiger partial charge in [0, 0.05) is 13.0 Å². The van der Waals surface area contributed by atoms with Crippen LogP contribution in [0, 0.1) is 0 Å². The summed E-state index contributed by atoms with van der Waals surface area (Å²) in [5.41, 5.74) is 0. The van der Waals surface area contributed by atoms with Crippen molar-refractivity contribution >= 4 is 23.8 Å². The molecular formula is C12H17NO7. The van der Waals surface area contributed by atoms with E-state index >= 15 is 0 Å². The van der Waals surface area contributed by atoms with E-state index in [0.29, 0.717) is 0 Å². The Morgan fingerprint density at radius 2 is 1.90 bits per heavy atom. The third kappa shape index (κ3) is 8.67. The van der Waals surface area contributed by atoms with Gasteiger partial charge in [0.1, 0.15) is 6.04 Å². The maximum Gasteiger partial charge on any atom is 0.330 e. The van der Waals surface area contributed by atoms with E-state index in [1.807, 2.05) is 0 Å². The van der Waals surface area contributed by atoms with E-state index in [-0.39, 0.29) is 13.0 Å². The van der Waals surface area contributed by atoms with Gasteiger partial charge in [-0.1, -0.05) is 6.08 Å². The first-order valence-electron chi connectivity index (χ1n) is 5.85. The van der Waals surface area contributed by atoms with Crippen LogP contribution in [0.1, 0.15) is 20.3 Å². The maximum atomic E-state index is 11.3. The Morgan fingerprint density at radius 3 is 2.40 bits per heavy atom. The lowest BCUT2D eigenvalue weighted by Gasteiger charge is -2.12. The quantitative estimate of drug-likeness (QED) is 0.461. The number of amides is 1. The van der Waals surface area contributed by atoms with Crippen LogP contribution >= 0.6 is 0 Å². The lowest BCUT2D eigenvalue weighted by atomic mass is 10.2. The van der Waals surface area contributed by atoms with Crippen LogP contribution in [0.3, 0.4) is 0 Å². The zero-order chi connectivity index (χ0) is 15.5. The Labute approximate surface area is 115 Å². The van der Waals surface area contributed by atoms with Crippen molar-refractivity contribution in [3.63, 3.8) is 0 Å². The SMILES string of the molecule is CCOC(=O)/C=C/C[C@H](NC(=O)COC(C)=O)C(=O)O. The van der Waals surface area contributed by atoms with Crippen LogP contribution in [0.15, 0.2) is 12.2 Å². The first-order chi connectivity index (χ1) is 9.36. The summed E-state index contributed by atoms with van der Waals surface area (Å²) in [4.78, 5) is 43.7. The number of carboxylic acids is 1. The fourth-order valence-corrected chi connectivity index (χ4v) is 1.12. The largest absolute Gasteiger partial charge is 0.480 e. The molecule has 2 N–H and O–H groups in total. The zero-order valence-electron chi connectivity index (χ0n) is 11.3. The smallest absolute Gasteiger partial charge is 0.330 e. The minimum atomic E-state index is -1.27. The first-order valence-corrected chi connectivity index (χ1v) is 5.85. The van der Waals surface area contributed by atoms with Crippen LogP contribution in [0.4, 0.5) is 0 Å². The summed E-state index contributed by atoms with van der Waals surface area (Å²) in [5, 5.41) is 11.1. The molecule has 0 aliphatic heterocycles. The number of carbonyl (C=O) groups is 4. The molecule has 0 heterocycles. The molecule has 20 heavy (non-hydrogen) atoms. The number of carbonyl (C=O) groups excluding carboxylic acids is 3. The van der Waals surface area contributed by atoms with Crippen LogP contribution in [-0.2, 0) is 28.7 Å². The van der Waals surface area contributed by atoms with Crippen LogP contribution in [0.5, 0.6) is 0 Å². The van der Waals surface area contributed by atoms with Gasteiger partial charge >= 0.3 is 17.9 Å². The lowest BCUT2D eigenvalue weighted by molar-refractivity contribution is -0.148. The van der Waals surface area contributed by atoms with E-state index in [1.165, 1.54) is 6.08 Å². The van der Waals surface area contributed by atoms with Gasteiger partial charge in [-0.05, 0) is 13.3 Å². The van der Waals surface area contributed by atoms with Gasteiger partial charge in [0.05, 0.1) is 6.61 Å². The molecule has 0 fully saturated rings. The summed E-state index contributed by atoms with van der Waals surface area (Å²) in [6.45, 7) is 2.43. The van der Waals surface area contributed by atoms with Crippen molar-refractivity contribution in [1.82, 2.24) is 5.32 Å². The number of esters is 2. The molecule has 1 atom stereocenters. The highest BCUT2D eigenvalue weighted by atomic mass is 16.5. The first kappa shape index (κ1) is 17.6. The molecule has 8 nitrogen and oxygen atoms in total. The van der Waals surface area contributed by atoms with Gasteiger partial charge in [-0.15, -0.1) is 0 Å². The minimum absolute atomic E-state index is 0.0973. The summed E-state index contributed by atoms with van der Waals surface area (Å²) in [6.07, 6.45) is 2.26. The number of carboxylic acid groups (broad SMARTS) is 1. The van der Waals surface area contributed by atoms with Crippen LogP contribution in [-0.4, -0.2) is 48.2 Å². The molecule has 0 bridgehead atoms. The molecule has 0 saturated carbocycles. The number of hydrogen-bond acceptors (Lipinski definition) is 6. The second-order valence-electron chi connectivity index (χ2n) is 3.63. The number of rotatable bonds is 8. The molecule has 0 rings (SSSR count). The summed E-state index contributed by atoms with van der Waals surface area (Å²) in [5.74, 6) is -3.25. The van der Waals surface area contributed by atoms with Crippen molar-refractivity contribution in [3.05, 3.63) is 12.2 Å². The van der Waals surface area contributed by atoms with Gasteiger partial charge in [-0.2, -0.15) is 0 Å². The predicted molar refractivity (Wildman–Crippen MR) is 66.6 cm³/mol. The van der Waals surface area contributed by atoms with E-state index in [9.17, 15) is 19.2 Å². The molecule has 0 aromatic carbocycles. The molecule has 112 valence electrons. The summed E-state index contributed by atoms with van der Waals surface area (Å²) in [7, 11) is 0. The van der Waals surface area contributed by atoms with Crippen LogP contribution < -0.4 is 5.32 Å². The maximum absolute atomic E-state index is 11.3. The molecule has 0 aromatic heterocycles. The Hall–Kier alpha value is -2.38. The molecule has 0 saturated heterocycles. The van der Waals surface area contributed by atoms with E-state index in [4.69, 9.17) is 5.11 Å². The third-order valence-electron chi connectivity index (χ3n) is 1.95. The topological polar surface area (TPSA) is 119 Å². The van der Waals surface area contributed by atoms with Gasteiger partial charge in [0.25, 0.3) is 5.91 Å². The molecule has 8 heteroatoms. The van der Waals surface area contributed by atoms with Crippen molar-refractivity contribution < 1.29 is 33.8 Å². The van der Waals surface area contributed by atoms with Crippen LogP contribution in [0.2, 0.25) is 0 Å². The highest BCUT2D eigenvalue weighted by Gasteiger charge is 2.18. The van der Waals surface area contributed by atoms with E-state index < -0.39 is 36.5 Å². The molecule has 0 unspecified atom stereocenters. The monoisotopic (exact) mass is 287 g/mol. The van der Waals surface area contributed by atoms with Crippen molar-refractivity contribution in [2.24, 2.45) is 0 Å². The lowest BCUT2D eigenvalue weighted by Crippen LogP contribution is -2.42. The molecule has 0 radical (unpaired) electrons. The zero-order valence-corrected chi connectivity index (χ0v) is 11.3. The number of aliphatic carboxylic acids is 1. The Morgan fingerprint density at radius 1 is 1.25 bits per heavy atom. The average molecular weight is 287 g/mol. The second kappa shape index (κ2) is 9.54. The standard InChI is InChI=1S/C12H17NO7/c1-3-19-11(16)6-4-5-9(12(17)18)13-10(15)7-20-8(2)14/h4,6,9H,3,5,7H2,1-2H3,(H,13,15)(H,17,18)/b6-4+/t9-/m0/s1. The number of nitrogens with one attached hydrogen (secondary N) is 1.